The first-order chi connectivity index (χ1) is 8.59. The van der Waals surface area contributed by atoms with Gasteiger partial charge in [-0.25, -0.2) is 0 Å². The number of amides is 1. The fraction of sp³-hybridized carbons (Fsp3) is 0.250. The van der Waals surface area contributed by atoms with E-state index in [2.05, 4.69) is 15.5 Å². The lowest BCUT2D eigenvalue weighted by atomic mass is 10.1. The van der Waals surface area contributed by atoms with Gasteiger partial charge in [0.05, 0.1) is 11.6 Å². The summed E-state index contributed by atoms with van der Waals surface area (Å²) in [6.07, 6.45) is 1.57. The van der Waals surface area contributed by atoms with E-state index in [1.165, 1.54) is 6.07 Å². The van der Waals surface area contributed by atoms with Crippen LogP contribution in [0.25, 0.3) is 0 Å². The second kappa shape index (κ2) is 4.87. The molecule has 0 radical (unpaired) electrons. The quantitative estimate of drug-likeness (QED) is 0.847. The molecular formula is C12H14N4O2. The van der Waals surface area contributed by atoms with E-state index in [0.29, 0.717) is 5.82 Å². The maximum absolute atomic E-state index is 12.0. The summed E-state index contributed by atoms with van der Waals surface area (Å²) < 4.78 is 1.73. The van der Waals surface area contributed by atoms with Crippen LogP contribution in [-0.4, -0.2) is 25.8 Å². The van der Waals surface area contributed by atoms with Crippen molar-refractivity contribution in [2.45, 2.75) is 13.0 Å². The highest BCUT2D eigenvalue weighted by atomic mass is 16.3. The molecule has 1 atom stereocenters. The SMILES string of the molecule is CC(NC(=O)c1ccccc1O)c1nncn1C. The Labute approximate surface area is 104 Å². The first-order valence-corrected chi connectivity index (χ1v) is 5.52. The van der Waals surface area contributed by atoms with Crippen molar-refractivity contribution < 1.29 is 9.90 Å². The molecule has 0 saturated carbocycles. The molecule has 0 aliphatic rings. The maximum atomic E-state index is 12.0. The molecule has 6 heteroatoms. The van der Waals surface area contributed by atoms with Crippen molar-refractivity contribution in [3.63, 3.8) is 0 Å². The van der Waals surface area contributed by atoms with Gasteiger partial charge in [-0.3, -0.25) is 4.79 Å². The molecule has 0 fully saturated rings. The van der Waals surface area contributed by atoms with E-state index in [-0.39, 0.29) is 23.3 Å². The van der Waals surface area contributed by atoms with E-state index in [9.17, 15) is 9.90 Å². The normalized spacial score (nSPS) is 12.1. The Bertz CT molecular complexity index is 565. The van der Waals surface area contributed by atoms with Gasteiger partial charge in [-0.15, -0.1) is 10.2 Å². The van der Waals surface area contributed by atoms with Gasteiger partial charge >= 0.3 is 0 Å². The predicted octanol–water partition coefficient (Wildman–Crippen LogP) is 1.01. The van der Waals surface area contributed by atoms with E-state index in [0.717, 1.165) is 0 Å². The lowest BCUT2D eigenvalue weighted by Crippen LogP contribution is -2.28. The van der Waals surface area contributed by atoms with Crippen molar-refractivity contribution in [3.8, 4) is 5.75 Å². The van der Waals surface area contributed by atoms with Crippen LogP contribution < -0.4 is 5.32 Å². The number of para-hydroxylation sites is 1. The molecule has 6 nitrogen and oxygen atoms in total. The van der Waals surface area contributed by atoms with Gasteiger partial charge in [0, 0.05) is 7.05 Å². The molecule has 1 amide bonds. The fourth-order valence-corrected chi connectivity index (χ4v) is 1.69. The van der Waals surface area contributed by atoms with Gasteiger partial charge in [-0.05, 0) is 19.1 Å². The van der Waals surface area contributed by atoms with Gasteiger partial charge < -0.3 is 15.0 Å². The zero-order valence-corrected chi connectivity index (χ0v) is 10.2. The minimum atomic E-state index is -0.344. The second-order valence-corrected chi connectivity index (χ2v) is 4.01. The molecule has 0 bridgehead atoms. The number of nitrogens with zero attached hydrogens (tertiary/aromatic N) is 3. The third kappa shape index (κ3) is 2.32. The van der Waals surface area contributed by atoms with Crippen LogP contribution in [-0.2, 0) is 7.05 Å². The molecule has 94 valence electrons. The molecule has 0 aliphatic heterocycles. The van der Waals surface area contributed by atoms with Gasteiger partial charge in [0.2, 0.25) is 0 Å². The molecule has 2 N–H and O–H groups in total. The molecule has 18 heavy (non-hydrogen) atoms. The summed E-state index contributed by atoms with van der Waals surface area (Å²) in [5.41, 5.74) is 0.242. The molecule has 0 spiro atoms. The number of carbonyl (C=O) groups excluding carboxylic acids is 1. The highest BCUT2D eigenvalue weighted by Gasteiger charge is 2.17. The summed E-state index contributed by atoms with van der Waals surface area (Å²) in [6, 6.07) is 6.11. The number of benzene rings is 1. The van der Waals surface area contributed by atoms with Crippen molar-refractivity contribution in [3.05, 3.63) is 42.0 Å². The lowest BCUT2D eigenvalue weighted by Gasteiger charge is -2.13. The van der Waals surface area contributed by atoms with Crippen LogP contribution in [0.1, 0.15) is 29.1 Å². The fourth-order valence-electron chi connectivity index (χ4n) is 1.69. The summed E-state index contributed by atoms with van der Waals surface area (Å²) in [5.74, 6) is 0.266. The molecule has 0 aliphatic carbocycles. The Balaban J connectivity index is 2.13. The summed E-state index contributed by atoms with van der Waals surface area (Å²) in [5, 5.41) is 20.0. The van der Waals surface area contributed by atoms with Crippen LogP contribution in [0.4, 0.5) is 0 Å². The number of phenolic OH excluding ortho intramolecular Hbond substituents is 1. The molecule has 1 unspecified atom stereocenters. The third-order valence-electron chi connectivity index (χ3n) is 2.63. The van der Waals surface area contributed by atoms with Crippen LogP contribution in [0, 0.1) is 0 Å². The Morgan fingerprint density at radius 2 is 2.17 bits per heavy atom. The van der Waals surface area contributed by atoms with Gasteiger partial charge in [0.25, 0.3) is 5.91 Å². The van der Waals surface area contributed by atoms with Gasteiger partial charge in [0.15, 0.2) is 5.82 Å². The lowest BCUT2D eigenvalue weighted by molar-refractivity contribution is 0.0935. The predicted molar refractivity (Wildman–Crippen MR) is 65.0 cm³/mol. The standard InChI is InChI=1S/C12H14N4O2/c1-8(11-15-13-7-16(11)2)14-12(18)9-5-3-4-6-10(9)17/h3-8,17H,1-2H3,(H,14,18). The minimum absolute atomic E-state index is 0.0415. The third-order valence-corrected chi connectivity index (χ3v) is 2.63. The number of hydrogen-bond donors (Lipinski definition) is 2. The summed E-state index contributed by atoms with van der Waals surface area (Å²) >= 11 is 0. The zero-order chi connectivity index (χ0) is 13.1. The number of carbonyl (C=O) groups is 1. The molecule has 2 rings (SSSR count). The Morgan fingerprint density at radius 1 is 1.44 bits per heavy atom. The number of hydrogen-bond acceptors (Lipinski definition) is 4. The first-order valence-electron chi connectivity index (χ1n) is 5.52. The van der Waals surface area contributed by atoms with E-state index in [1.54, 1.807) is 36.1 Å². The molecule has 0 saturated heterocycles. The van der Waals surface area contributed by atoms with Crippen LogP contribution in [0.3, 0.4) is 0 Å². The molecular weight excluding hydrogens is 232 g/mol. The van der Waals surface area contributed by atoms with Gasteiger partial charge in [-0.2, -0.15) is 0 Å². The topological polar surface area (TPSA) is 80.0 Å². The van der Waals surface area contributed by atoms with Gasteiger partial charge in [-0.1, -0.05) is 12.1 Å². The number of nitrogens with one attached hydrogen (secondary N) is 1. The Kier molecular flexibility index (Phi) is 3.27. The van der Waals surface area contributed by atoms with Crippen LogP contribution in [0.2, 0.25) is 0 Å². The van der Waals surface area contributed by atoms with Crippen molar-refractivity contribution in [2.75, 3.05) is 0 Å². The molecule has 2 aromatic rings. The smallest absolute Gasteiger partial charge is 0.255 e. The van der Waals surface area contributed by atoms with E-state index >= 15 is 0 Å². The van der Waals surface area contributed by atoms with Crippen molar-refractivity contribution in [2.24, 2.45) is 7.05 Å². The van der Waals surface area contributed by atoms with E-state index in [4.69, 9.17) is 0 Å². The minimum Gasteiger partial charge on any atom is -0.507 e. The Hall–Kier alpha value is -2.37. The average molecular weight is 246 g/mol. The van der Waals surface area contributed by atoms with Crippen LogP contribution in [0.5, 0.6) is 5.75 Å². The van der Waals surface area contributed by atoms with Crippen LogP contribution in [0.15, 0.2) is 30.6 Å². The maximum Gasteiger partial charge on any atom is 0.255 e. The average Bonchev–Trinajstić information content (AvgIpc) is 2.76. The first kappa shape index (κ1) is 12.1. The number of aromatic nitrogens is 3. The summed E-state index contributed by atoms with van der Waals surface area (Å²) in [6.45, 7) is 1.81. The zero-order valence-electron chi connectivity index (χ0n) is 10.2. The number of aromatic hydroxyl groups is 1. The number of aryl methyl sites for hydroxylation is 1. The van der Waals surface area contributed by atoms with Crippen molar-refractivity contribution in [1.82, 2.24) is 20.1 Å². The molecule has 1 aromatic heterocycles. The van der Waals surface area contributed by atoms with Crippen molar-refractivity contribution >= 4 is 5.91 Å². The Morgan fingerprint density at radius 3 is 2.78 bits per heavy atom. The second-order valence-electron chi connectivity index (χ2n) is 4.01. The van der Waals surface area contributed by atoms with Crippen LogP contribution >= 0.6 is 0 Å². The number of phenols is 1. The molecule has 1 heterocycles. The highest BCUT2D eigenvalue weighted by Crippen LogP contribution is 2.17. The largest absolute Gasteiger partial charge is 0.507 e. The van der Waals surface area contributed by atoms with Gasteiger partial charge in [0.1, 0.15) is 12.1 Å². The molecule has 1 aromatic carbocycles. The monoisotopic (exact) mass is 246 g/mol. The van der Waals surface area contributed by atoms with Crippen molar-refractivity contribution in [1.29, 1.82) is 0 Å². The van der Waals surface area contributed by atoms with E-state index < -0.39 is 0 Å². The number of rotatable bonds is 3. The highest BCUT2D eigenvalue weighted by molar-refractivity contribution is 5.96. The summed E-state index contributed by atoms with van der Waals surface area (Å²) in [4.78, 5) is 12.0. The summed E-state index contributed by atoms with van der Waals surface area (Å²) in [7, 11) is 1.80. The van der Waals surface area contributed by atoms with E-state index in [1.807, 2.05) is 6.92 Å².